The van der Waals surface area contributed by atoms with Crippen molar-refractivity contribution in [2.24, 2.45) is 0 Å². The lowest BCUT2D eigenvalue weighted by molar-refractivity contribution is 0.282. The molecule has 0 aliphatic carbocycles. The third kappa shape index (κ3) is 4.30. The van der Waals surface area contributed by atoms with Crippen molar-refractivity contribution in [3.05, 3.63) is 94.2 Å². The number of hydrogen-bond donors (Lipinski definition) is 0. The first-order valence-electron chi connectivity index (χ1n) is 9.80. The normalized spacial score (nSPS) is 12.1. The SMILES string of the molecule is COc1cc(/C=c2/sc3nc4ccccc4n3c2=O)cc(I)c1OCc1ccc(Cl)cc1Cl. The van der Waals surface area contributed by atoms with Crippen LogP contribution in [0.1, 0.15) is 11.1 Å². The number of nitrogens with zero attached hydrogens (tertiary/aromatic N) is 2. The molecular weight excluding hydrogens is 594 g/mol. The standard InChI is InChI=1S/C24H15Cl2IN2O3S/c1-31-20-9-13(8-17(27)22(20)32-12-14-6-7-15(25)11-16(14)26)10-21-23(30)29-19-5-3-2-4-18(19)28-24(29)33-21/h2-11H,12H2,1H3/b21-10+. The number of benzene rings is 3. The smallest absolute Gasteiger partial charge is 0.274 e. The topological polar surface area (TPSA) is 52.8 Å². The summed E-state index contributed by atoms with van der Waals surface area (Å²) in [5.74, 6) is 1.17. The molecule has 0 unspecified atom stereocenters. The molecule has 9 heteroatoms. The number of rotatable bonds is 5. The third-order valence-electron chi connectivity index (χ3n) is 5.08. The lowest BCUT2D eigenvalue weighted by Gasteiger charge is -2.14. The first-order valence-corrected chi connectivity index (χ1v) is 12.5. The first kappa shape index (κ1) is 22.5. The van der Waals surface area contributed by atoms with Crippen molar-refractivity contribution in [3.63, 3.8) is 0 Å². The number of fused-ring (bicyclic) bond motifs is 3. The summed E-state index contributed by atoms with van der Waals surface area (Å²) >= 11 is 15.8. The number of ether oxygens (including phenoxy) is 2. The molecule has 0 spiro atoms. The fraction of sp³-hybridized carbons (Fsp3) is 0.0833. The van der Waals surface area contributed by atoms with Gasteiger partial charge in [-0.1, -0.05) is 52.7 Å². The molecule has 5 rings (SSSR count). The van der Waals surface area contributed by atoms with E-state index < -0.39 is 0 Å². The van der Waals surface area contributed by atoms with Crippen LogP contribution in [0.25, 0.3) is 22.1 Å². The summed E-state index contributed by atoms with van der Waals surface area (Å²) < 4.78 is 14.7. The second kappa shape index (κ2) is 9.13. The number of hydrogen-bond acceptors (Lipinski definition) is 5. The molecule has 0 bridgehead atoms. The number of para-hydroxylation sites is 2. The lowest BCUT2D eigenvalue weighted by Crippen LogP contribution is -2.22. The van der Waals surface area contributed by atoms with Crippen molar-refractivity contribution in [2.45, 2.75) is 6.61 Å². The molecular formula is C24H15Cl2IN2O3S. The molecule has 0 saturated heterocycles. The van der Waals surface area contributed by atoms with E-state index in [1.54, 1.807) is 23.6 Å². The van der Waals surface area contributed by atoms with E-state index in [1.807, 2.05) is 48.5 Å². The Morgan fingerprint density at radius 1 is 1.15 bits per heavy atom. The van der Waals surface area contributed by atoms with Crippen molar-refractivity contribution < 1.29 is 9.47 Å². The summed E-state index contributed by atoms with van der Waals surface area (Å²) in [6, 6.07) is 16.7. The van der Waals surface area contributed by atoms with E-state index in [2.05, 4.69) is 27.6 Å². The van der Waals surface area contributed by atoms with Crippen molar-refractivity contribution in [1.29, 1.82) is 0 Å². The molecule has 5 nitrogen and oxygen atoms in total. The largest absolute Gasteiger partial charge is 0.493 e. The number of thiazole rings is 1. The van der Waals surface area contributed by atoms with Gasteiger partial charge in [0, 0.05) is 15.6 Å². The number of imidazole rings is 1. The minimum absolute atomic E-state index is 0.0876. The Labute approximate surface area is 216 Å². The molecule has 0 fully saturated rings. The summed E-state index contributed by atoms with van der Waals surface area (Å²) in [6.45, 7) is 0.269. The fourth-order valence-electron chi connectivity index (χ4n) is 3.52. The quantitative estimate of drug-likeness (QED) is 0.231. The molecule has 2 heterocycles. The van der Waals surface area contributed by atoms with E-state index in [0.717, 1.165) is 25.7 Å². The number of halogens is 3. The van der Waals surface area contributed by atoms with Gasteiger partial charge in [-0.3, -0.25) is 4.79 Å². The predicted octanol–water partition coefficient (Wildman–Crippen LogP) is 5.96. The van der Waals surface area contributed by atoms with Crippen molar-refractivity contribution in [3.8, 4) is 11.5 Å². The molecule has 33 heavy (non-hydrogen) atoms. The van der Waals surface area contributed by atoms with Gasteiger partial charge in [-0.15, -0.1) is 0 Å². The fourth-order valence-corrected chi connectivity index (χ4v) is 5.75. The Balaban J connectivity index is 1.51. The van der Waals surface area contributed by atoms with Crippen LogP contribution in [0.3, 0.4) is 0 Å². The molecule has 3 aromatic carbocycles. The minimum Gasteiger partial charge on any atom is -0.493 e. The Morgan fingerprint density at radius 2 is 1.97 bits per heavy atom. The zero-order chi connectivity index (χ0) is 23.1. The van der Waals surface area contributed by atoms with Crippen LogP contribution >= 0.6 is 57.1 Å². The summed E-state index contributed by atoms with van der Waals surface area (Å²) in [5, 5.41) is 1.11. The van der Waals surface area contributed by atoms with Gasteiger partial charge in [0.15, 0.2) is 16.5 Å². The average Bonchev–Trinajstić information content (AvgIpc) is 3.30. The van der Waals surface area contributed by atoms with Crippen molar-refractivity contribution in [1.82, 2.24) is 9.38 Å². The maximum atomic E-state index is 13.1. The van der Waals surface area contributed by atoms with Gasteiger partial charge in [0.2, 0.25) is 0 Å². The molecule has 0 amide bonds. The summed E-state index contributed by atoms with van der Waals surface area (Å²) in [4.78, 5) is 18.3. The highest BCUT2D eigenvalue weighted by molar-refractivity contribution is 14.1. The Kier molecular flexibility index (Phi) is 6.22. The maximum absolute atomic E-state index is 13.1. The van der Waals surface area contributed by atoms with E-state index in [-0.39, 0.29) is 12.2 Å². The van der Waals surface area contributed by atoms with Gasteiger partial charge in [0.1, 0.15) is 6.61 Å². The Morgan fingerprint density at radius 3 is 2.76 bits per heavy atom. The number of aromatic nitrogens is 2. The summed E-state index contributed by atoms with van der Waals surface area (Å²) in [5.41, 5.74) is 3.19. The van der Waals surface area contributed by atoms with Gasteiger partial charge in [-0.05, 0) is 70.6 Å². The van der Waals surface area contributed by atoms with Crippen LogP contribution in [0.2, 0.25) is 10.0 Å². The van der Waals surface area contributed by atoms with Crippen LogP contribution in [0, 0.1) is 3.57 Å². The zero-order valence-electron chi connectivity index (χ0n) is 17.1. The second-order valence-electron chi connectivity index (χ2n) is 7.19. The van der Waals surface area contributed by atoms with Gasteiger partial charge in [0.05, 0.1) is 26.2 Å². The average molecular weight is 609 g/mol. The second-order valence-corrected chi connectivity index (χ2v) is 10.2. The van der Waals surface area contributed by atoms with E-state index in [0.29, 0.717) is 31.0 Å². The highest BCUT2D eigenvalue weighted by Crippen LogP contribution is 2.35. The Hall–Kier alpha value is -2.33. The van der Waals surface area contributed by atoms with Gasteiger partial charge in [-0.25, -0.2) is 9.38 Å². The molecule has 2 aromatic heterocycles. The highest BCUT2D eigenvalue weighted by atomic mass is 127. The van der Waals surface area contributed by atoms with Gasteiger partial charge in [0.25, 0.3) is 5.56 Å². The van der Waals surface area contributed by atoms with E-state index in [1.165, 1.54) is 11.3 Å². The third-order valence-corrected chi connectivity index (χ3v) is 7.44. The molecule has 0 aliphatic heterocycles. The van der Waals surface area contributed by atoms with Crippen LogP contribution in [-0.2, 0) is 6.61 Å². The molecule has 166 valence electrons. The molecule has 0 radical (unpaired) electrons. The van der Waals surface area contributed by atoms with Crippen LogP contribution < -0.4 is 19.6 Å². The molecule has 0 aliphatic rings. The summed E-state index contributed by atoms with van der Waals surface area (Å²) in [6.07, 6.45) is 1.85. The predicted molar refractivity (Wildman–Crippen MR) is 142 cm³/mol. The minimum atomic E-state index is -0.0876. The van der Waals surface area contributed by atoms with Gasteiger partial charge >= 0.3 is 0 Å². The van der Waals surface area contributed by atoms with Gasteiger partial charge in [-0.2, -0.15) is 0 Å². The van der Waals surface area contributed by atoms with Crippen LogP contribution in [0.15, 0.2) is 59.4 Å². The van der Waals surface area contributed by atoms with E-state index in [9.17, 15) is 4.79 Å². The Bertz CT molecular complexity index is 1630. The van der Waals surface area contributed by atoms with Gasteiger partial charge < -0.3 is 9.47 Å². The van der Waals surface area contributed by atoms with Crippen molar-refractivity contribution >= 4 is 79.2 Å². The van der Waals surface area contributed by atoms with Crippen LogP contribution in [0.5, 0.6) is 11.5 Å². The van der Waals surface area contributed by atoms with Crippen LogP contribution in [-0.4, -0.2) is 16.5 Å². The molecule has 0 atom stereocenters. The highest BCUT2D eigenvalue weighted by Gasteiger charge is 2.14. The molecule has 0 saturated carbocycles. The first-order chi connectivity index (χ1) is 15.9. The molecule has 5 aromatic rings. The maximum Gasteiger partial charge on any atom is 0.274 e. The monoisotopic (exact) mass is 608 g/mol. The zero-order valence-corrected chi connectivity index (χ0v) is 21.6. The number of methoxy groups -OCH3 is 1. The van der Waals surface area contributed by atoms with Crippen LogP contribution in [0.4, 0.5) is 0 Å². The lowest BCUT2D eigenvalue weighted by atomic mass is 10.2. The van der Waals surface area contributed by atoms with E-state index >= 15 is 0 Å². The van der Waals surface area contributed by atoms with Crippen molar-refractivity contribution in [2.75, 3.05) is 7.11 Å². The molecule has 0 N–H and O–H groups in total. The summed E-state index contributed by atoms with van der Waals surface area (Å²) in [7, 11) is 1.59. The van der Waals surface area contributed by atoms with E-state index in [4.69, 9.17) is 32.7 Å².